The van der Waals surface area contributed by atoms with E-state index in [-0.39, 0.29) is 6.61 Å². The molecule has 0 spiro atoms. The van der Waals surface area contributed by atoms with E-state index in [0.717, 1.165) is 22.6 Å². The first-order chi connectivity index (χ1) is 11.6. The van der Waals surface area contributed by atoms with Gasteiger partial charge in [0.05, 0.1) is 0 Å². The van der Waals surface area contributed by atoms with Gasteiger partial charge in [-0.3, -0.25) is 0 Å². The molecule has 2 aromatic carbocycles. The smallest absolute Gasteiger partial charge is 0.277 e. The minimum Gasteiger partial charge on any atom is -0.484 e. The van der Waals surface area contributed by atoms with Crippen molar-refractivity contribution in [2.24, 2.45) is 0 Å². The number of benzene rings is 2. The van der Waals surface area contributed by atoms with Gasteiger partial charge in [0.1, 0.15) is 5.75 Å². The van der Waals surface area contributed by atoms with Crippen LogP contribution in [-0.2, 0) is 12.4 Å². The van der Waals surface area contributed by atoms with E-state index in [9.17, 15) is 0 Å². The monoisotopic (exact) mass is 340 g/mol. The summed E-state index contributed by atoms with van der Waals surface area (Å²) >= 11 is 1.54. The molecule has 124 valence electrons. The summed E-state index contributed by atoms with van der Waals surface area (Å²) < 4.78 is 11.4. The number of ether oxygens (including phenoxy) is 1. The number of hydrogen-bond donors (Lipinski definition) is 0. The number of aromatic nitrogens is 2. The summed E-state index contributed by atoms with van der Waals surface area (Å²) in [5.74, 6) is 2.15. The summed E-state index contributed by atoms with van der Waals surface area (Å²) in [4.78, 5) is 0. The number of nitrogens with zero attached hydrogens (tertiary/aromatic N) is 2. The van der Waals surface area contributed by atoms with Crippen LogP contribution in [0.25, 0.3) is 0 Å². The Balaban J connectivity index is 1.57. The largest absolute Gasteiger partial charge is 0.484 e. The van der Waals surface area contributed by atoms with Crippen LogP contribution in [0.4, 0.5) is 0 Å². The molecule has 0 aliphatic heterocycles. The lowest BCUT2D eigenvalue weighted by atomic mass is 10.1. The predicted octanol–water partition coefficient (Wildman–Crippen LogP) is 4.87. The van der Waals surface area contributed by atoms with Crippen molar-refractivity contribution in [2.75, 3.05) is 0 Å². The normalized spacial score (nSPS) is 10.8. The molecule has 0 aliphatic rings. The Morgan fingerprint density at radius 1 is 1.00 bits per heavy atom. The average Bonchev–Trinajstić information content (AvgIpc) is 3.03. The summed E-state index contributed by atoms with van der Waals surface area (Å²) in [6, 6.07) is 14.4. The summed E-state index contributed by atoms with van der Waals surface area (Å²) in [6.45, 7) is 6.45. The lowest BCUT2D eigenvalue weighted by Gasteiger charge is -2.07. The zero-order chi connectivity index (χ0) is 16.9. The summed E-state index contributed by atoms with van der Waals surface area (Å²) in [5.41, 5.74) is 4.79. The quantitative estimate of drug-likeness (QED) is 0.599. The number of hydrogen-bond acceptors (Lipinski definition) is 5. The number of aryl methyl sites for hydroxylation is 3. The molecule has 0 bridgehead atoms. The fourth-order valence-corrected chi connectivity index (χ4v) is 3.13. The first-order valence-corrected chi connectivity index (χ1v) is 8.80. The molecule has 1 heterocycles. The highest BCUT2D eigenvalue weighted by Crippen LogP contribution is 2.24. The van der Waals surface area contributed by atoms with Gasteiger partial charge in [0.2, 0.25) is 0 Å². The SMILES string of the molecule is Cc1ccc(C)c(OCc2nnc(SCc3ccccc3C)o2)c1. The van der Waals surface area contributed by atoms with Crippen LogP contribution in [0, 0.1) is 20.8 Å². The maximum Gasteiger partial charge on any atom is 0.277 e. The van der Waals surface area contributed by atoms with E-state index in [4.69, 9.17) is 9.15 Å². The van der Waals surface area contributed by atoms with E-state index in [1.165, 1.54) is 22.9 Å². The van der Waals surface area contributed by atoms with Crippen molar-refractivity contribution in [3.8, 4) is 5.75 Å². The molecule has 0 atom stereocenters. The van der Waals surface area contributed by atoms with E-state index in [0.29, 0.717) is 11.1 Å². The van der Waals surface area contributed by atoms with Crippen molar-refractivity contribution in [3.05, 3.63) is 70.6 Å². The van der Waals surface area contributed by atoms with Crippen LogP contribution >= 0.6 is 11.8 Å². The van der Waals surface area contributed by atoms with Crippen LogP contribution in [0.3, 0.4) is 0 Å². The molecule has 0 amide bonds. The van der Waals surface area contributed by atoms with E-state index in [1.807, 2.05) is 38.1 Å². The van der Waals surface area contributed by atoms with Gasteiger partial charge in [-0.05, 0) is 49.1 Å². The molecule has 3 rings (SSSR count). The van der Waals surface area contributed by atoms with Gasteiger partial charge in [-0.25, -0.2) is 0 Å². The van der Waals surface area contributed by atoms with Crippen LogP contribution < -0.4 is 4.74 Å². The first kappa shape index (κ1) is 16.6. The molecule has 24 heavy (non-hydrogen) atoms. The van der Waals surface area contributed by atoms with Crippen molar-refractivity contribution in [2.45, 2.75) is 38.4 Å². The second-order valence-electron chi connectivity index (χ2n) is 5.73. The van der Waals surface area contributed by atoms with Crippen molar-refractivity contribution >= 4 is 11.8 Å². The van der Waals surface area contributed by atoms with Gasteiger partial charge in [-0.2, -0.15) is 0 Å². The molecule has 0 N–H and O–H groups in total. The molecule has 1 aromatic heterocycles. The highest BCUT2D eigenvalue weighted by Gasteiger charge is 2.09. The van der Waals surface area contributed by atoms with Crippen LogP contribution in [-0.4, -0.2) is 10.2 Å². The second-order valence-corrected chi connectivity index (χ2v) is 6.66. The van der Waals surface area contributed by atoms with E-state index in [1.54, 1.807) is 0 Å². The topological polar surface area (TPSA) is 48.2 Å². The third-order valence-electron chi connectivity index (χ3n) is 3.76. The number of rotatable bonds is 6. The Hall–Kier alpha value is -2.27. The maximum atomic E-state index is 5.79. The molecule has 0 saturated carbocycles. The molecule has 0 fully saturated rings. The maximum absolute atomic E-state index is 5.79. The summed E-state index contributed by atoms with van der Waals surface area (Å²) in [6.07, 6.45) is 0. The minimum absolute atomic E-state index is 0.280. The van der Waals surface area contributed by atoms with Crippen molar-refractivity contribution in [3.63, 3.8) is 0 Å². The van der Waals surface area contributed by atoms with Crippen LogP contribution in [0.15, 0.2) is 52.1 Å². The Morgan fingerprint density at radius 2 is 1.83 bits per heavy atom. The van der Waals surface area contributed by atoms with Crippen LogP contribution in [0.5, 0.6) is 5.75 Å². The lowest BCUT2D eigenvalue weighted by Crippen LogP contribution is -1.97. The minimum atomic E-state index is 0.280. The average molecular weight is 340 g/mol. The van der Waals surface area contributed by atoms with Crippen molar-refractivity contribution in [1.82, 2.24) is 10.2 Å². The Morgan fingerprint density at radius 3 is 2.67 bits per heavy atom. The summed E-state index contributed by atoms with van der Waals surface area (Å²) in [5, 5.41) is 8.70. The van der Waals surface area contributed by atoms with Crippen molar-refractivity contribution < 1.29 is 9.15 Å². The van der Waals surface area contributed by atoms with Crippen LogP contribution in [0.1, 0.15) is 28.1 Å². The molecule has 0 saturated heterocycles. The molecular weight excluding hydrogens is 320 g/mol. The predicted molar refractivity (Wildman–Crippen MR) is 95.3 cm³/mol. The van der Waals surface area contributed by atoms with Gasteiger partial charge in [-0.15, -0.1) is 10.2 Å². The highest BCUT2D eigenvalue weighted by atomic mass is 32.2. The Kier molecular flexibility index (Phi) is 5.20. The molecule has 5 heteroatoms. The lowest BCUT2D eigenvalue weighted by molar-refractivity contribution is 0.250. The Labute approximate surface area is 146 Å². The first-order valence-electron chi connectivity index (χ1n) is 7.81. The fraction of sp³-hybridized carbons (Fsp3) is 0.263. The van der Waals surface area contributed by atoms with Gasteiger partial charge in [0, 0.05) is 5.75 Å². The molecule has 0 radical (unpaired) electrons. The Bertz CT molecular complexity index is 830. The van der Waals surface area contributed by atoms with E-state index in [2.05, 4.69) is 35.3 Å². The zero-order valence-corrected chi connectivity index (χ0v) is 14.9. The molecule has 4 nitrogen and oxygen atoms in total. The fourth-order valence-electron chi connectivity index (χ4n) is 2.27. The van der Waals surface area contributed by atoms with Gasteiger partial charge in [0.15, 0.2) is 6.61 Å². The van der Waals surface area contributed by atoms with Gasteiger partial charge in [-0.1, -0.05) is 48.2 Å². The molecular formula is C19H20N2O2S. The third-order valence-corrected chi connectivity index (χ3v) is 4.62. The molecule has 3 aromatic rings. The van der Waals surface area contributed by atoms with Gasteiger partial charge in [0.25, 0.3) is 11.1 Å². The molecule has 0 aliphatic carbocycles. The van der Waals surface area contributed by atoms with Gasteiger partial charge >= 0.3 is 0 Å². The van der Waals surface area contributed by atoms with Gasteiger partial charge < -0.3 is 9.15 Å². The third kappa shape index (κ3) is 4.17. The van der Waals surface area contributed by atoms with Crippen molar-refractivity contribution in [1.29, 1.82) is 0 Å². The van der Waals surface area contributed by atoms with E-state index >= 15 is 0 Å². The number of thioether (sulfide) groups is 1. The summed E-state index contributed by atoms with van der Waals surface area (Å²) in [7, 11) is 0. The zero-order valence-electron chi connectivity index (χ0n) is 14.1. The highest BCUT2D eigenvalue weighted by molar-refractivity contribution is 7.98. The molecule has 0 unspecified atom stereocenters. The second kappa shape index (κ2) is 7.53. The standard InChI is InChI=1S/C19H20N2O2S/c1-13-8-9-15(3)17(10-13)22-11-18-20-21-19(23-18)24-12-16-7-5-4-6-14(16)2/h4-10H,11-12H2,1-3H3. The van der Waals surface area contributed by atoms with Crippen LogP contribution in [0.2, 0.25) is 0 Å². The van der Waals surface area contributed by atoms with E-state index < -0.39 is 0 Å².